The highest BCUT2D eigenvalue weighted by Gasteiger charge is 2.21. The normalized spacial score (nSPS) is 12.8. The highest BCUT2D eigenvalue weighted by Crippen LogP contribution is 2.38. The van der Waals surface area contributed by atoms with Crippen molar-refractivity contribution in [1.29, 1.82) is 0 Å². The number of hydrogen-bond acceptors (Lipinski definition) is 5. The first kappa shape index (κ1) is 11.8. The Labute approximate surface area is 119 Å². The summed E-state index contributed by atoms with van der Waals surface area (Å²) in [6.45, 7) is 0.123. The number of fused-ring (bicyclic) bond motifs is 3. The van der Waals surface area contributed by atoms with Gasteiger partial charge >= 0.3 is 0 Å². The van der Waals surface area contributed by atoms with Gasteiger partial charge in [0.2, 0.25) is 18.0 Å². The Bertz CT molecular complexity index is 893. The van der Waals surface area contributed by atoms with Gasteiger partial charge in [-0.2, -0.15) is 0 Å². The van der Waals surface area contributed by atoms with Crippen molar-refractivity contribution in [3.05, 3.63) is 52.9 Å². The summed E-state index contributed by atoms with van der Waals surface area (Å²) in [4.78, 5) is 12.6. The van der Waals surface area contributed by atoms with Gasteiger partial charge < -0.3 is 19.0 Å². The van der Waals surface area contributed by atoms with Crippen molar-refractivity contribution >= 4 is 11.0 Å². The van der Waals surface area contributed by atoms with E-state index in [9.17, 15) is 9.90 Å². The fourth-order valence-corrected chi connectivity index (χ4v) is 2.40. The van der Waals surface area contributed by atoms with E-state index in [0.717, 1.165) is 0 Å². The van der Waals surface area contributed by atoms with Crippen molar-refractivity contribution in [2.75, 3.05) is 6.79 Å². The molecule has 0 bridgehead atoms. The van der Waals surface area contributed by atoms with Crippen LogP contribution in [0.25, 0.3) is 22.1 Å². The Balaban J connectivity index is 1.97. The molecule has 2 aromatic carbocycles. The SMILES string of the molecule is O=c1c(-c2ccc(O)cc2)coc2c3c(ccc12)OCO3. The van der Waals surface area contributed by atoms with Crippen LogP contribution in [0.3, 0.4) is 0 Å². The highest BCUT2D eigenvalue weighted by atomic mass is 16.7. The molecular weight excluding hydrogens is 272 g/mol. The Hall–Kier alpha value is -2.95. The molecule has 0 fully saturated rings. The van der Waals surface area contributed by atoms with Gasteiger partial charge in [0.25, 0.3) is 0 Å². The molecule has 0 saturated heterocycles. The van der Waals surface area contributed by atoms with Crippen molar-refractivity contribution in [1.82, 2.24) is 0 Å². The predicted molar refractivity (Wildman–Crippen MR) is 75.7 cm³/mol. The largest absolute Gasteiger partial charge is 0.508 e. The molecule has 0 atom stereocenters. The molecule has 1 aromatic heterocycles. The second-order valence-corrected chi connectivity index (χ2v) is 4.70. The van der Waals surface area contributed by atoms with E-state index < -0.39 is 0 Å². The molecule has 0 amide bonds. The van der Waals surface area contributed by atoms with Crippen molar-refractivity contribution < 1.29 is 19.0 Å². The second-order valence-electron chi connectivity index (χ2n) is 4.70. The molecule has 0 unspecified atom stereocenters. The number of rotatable bonds is 1. The zero-order chi connectivity index (χ0) is 14.4. The minimum atomic E-state index is -0.153. The summed E-state index contributed by atoms with van der Waals surface area (Å²) in [5.41, 5.74) is 1.35. The molecule has 3 aromatic rings. The lowest BCUT2D eigenvalue weighted by Crippen LogP contribution is -2.04. The fourth-order valence-electron chi connectivity index (χ4n) is 2.40. The molecule has 0 aliphatic carbocycles. The van der Waals surface area contributed by atoms with E-state index in [0.29, 0.717) is 33.6 Å². The topological polar surface area (TPSA) is 68.9 Å². The van der Waals surface area contributed by atoms with Gasteiger partial charge in [-0.1, -0.05) is 12.1 Å². The number of aromatic hydroxyl groups is 1. The number of benzene rings is 2. The average Bonchev–Trinajstić information content (AvgIpc) is 2.97. The van der Waals surface area contributed by atoms with Crippen molar-refractivity contribution in [3.8, 4) is 28.4 Å². The van der Waals surface area contributed by atoms with Crippen LogP contribution in [0.4, 0.5) is 0 Å². The van der Waals surface area contributed by atoms with Crippen LogP contribution in [0.5, 0.6) is 17.2 Å². The summed E-state index contributed by atoms with van der Waals surface area (Å²) in [7, 11) is 0. The molecule has 1 aliphatic heterocycles. The van der Waals surface area contributed by atoms with E-state index >= 15 is 0 Å². The minimum absolute atomic E-state index is 0.123. The molecule has 104 valence electrons. The standard InChI is InChI=1S/C16H10O5/c17-10-3-1-9(2-4-10)12-7-19-15-11(14(12)18)5-6-13-16(15)21-8-20-13/h1-7,17H,8H2. The van der Waals surface area contributed by atoms with Crippen LogP contribution >= 0.6 is 0 Å². The third kappa shape index (κ3) is 1.74. The van der Waals surface area contributed by atoms with Gasteiger partial charge in [0.05, 0.1) is 10.9 Å². The summed E-state index contributed by atoms with van der Waals surface area (Å²) in [5.74, 6) is 1.18. The third-order valence-corrected chi connectivity index (χ3v) is 3.46. The van der Waals surface area contributed by atoms with Crippen LogP contribution in [0, 0.1) is 0 Å². The lowest BCUT2D eigenvalue weighted by atomic mass is 10.1. The van der Waals surface area contributed by atoms with Gasteiger partial charge in [0, 0.05) is 0 Å². The highest BCUT2D eigenvalue weighted by molar-refractivity contribution is 5.88. The quantitative estimate of drug-likeness (QED) is 0.743. The summed E-state index contributed by atoms with van der Waals surface area (Å²) in [6, 6.07) is 9.75. The van der Waals surface area contributed by atoms with Gasteiger partial charge in [-0.15, -0.1) is 0 Å². The van der Waals surface area contributed by atoms with Crippen LogP contribution in [0.15, 0.2) is 51.9 Å². The molecule has 21 heavy (non-hydrogen) atoms. The summed E-state index contributed by atoms with van der Waals surface area (Å²) in [5, 5.41) is 9.75. The summed E-state index contributed by atoms with van der Waals surface area (Å²) >= 11 is 0. The van der Waals surface area contributed by atoms with E-state index in [4.69, 9.17) is 13.9 Å². The first-order valence-corrected chi connectivity index (χ1v) is 6.37. The Kier molecular flexibility index (Phi) is 2.41. The number of hydrogen-bond donors (Lipinski definition) is 1. The molecule has 5 heteroatoms. The first-order chi connectivity index (χ1) is 10.2. The zero-order valence-electron chi connectivity index (χ0n) is 10.8. The molecule has 1 aliphatic rings. The number of ether oxygens (including phenoxy) is 2. The Morgan fingerprint density at radius 2 is 1.81 bits per heavy atom. The summed E-state index contributed by atoms with van der Waals surface area (Å²) in [6.07, 6.45) is 1.40. The van der Waals surface area contributed by atoms with E-state index in [1.807, 2.05) is 0 Å². The molecule has 0 saturated carbocycles. The van der Waals surface area contributed by atoms with Gasteiger partial charge in [-0.3, -0.25) is 4.79 Å². The van der Waals surface area contributed by atoms with Crippen LogP contribution in [-0.4, -0.2) is 11.9 Å². The minimum Gasteiger partial charge on any atom is -0.508 e. The molecular formula is C16H10O5. The lowest BCUT2D eigenvalue weighted by molar-refractivity contribution is 0.174. The smallest absolute Gasteiger partial charge is 0.231 e. The lowest BCUT2D eigenvalue weighted by Gasteiger charge is -2.04. The monoisotopic (exact) mass is 282 g/mol. The van der Waals surface area contributed by atoms with E-state index in [1.54, 1.807) is 24.3 Å². The van der Waals surface area contributed by atoms with Gasteiger partial charge in [0.1, 0.15) is 12.0 Å². The van der Waals surface area contributed by atoms with Crippen molar-refractivity contribution in [2.45, 2.75) is 0 Å². The van der Waals surface area contributed by atoms with Gasteiger partial charge in [0.15, 0.2) is 11.3 Å². The van der Waals surface area contributed by atoms with Crippen LogP contribution in [-0.2, 0) is 0 Å². The van der Waals surface area contributed by atoms with Crippen molar-refractivity contribution in [2.24, 2.45) is 0 Å². The van der Waals surface area contributed by atoms with Crippen LogP contribution in [0.2, 0.25) is 0 Å². The molecule has 0 radical (unpaired) electrons. The van der Waals surface area contributed by atoms with E-state index in [2.05, 4.69) is 0 Å². The maximum atomic E-state index is 12.6. The number of phenolic OH excluding ortho intramolecular Hbond substituents is 1. The van der Waals surface area contributed by atoms with Gasteiger partial charge in [-0.05, 0) is 29.8 Å². The average molecular weight is 282 g/mol. The zero-order valence-corrected chi connectivity index (χ0v) is 10.8. The Morgan fingerprint density at radius 1 is 1.00 bits per heavy atom. The summed E-state index contributed by atoms with van der Waals surface area (Å²) < 4.78 is 16.2. The predicted octanol–water partition coefficient (Wildman–Crippen LogP) is 2.89. The third-order valence-electron chi connectivity index (χ3n) is 3.46. The van der Waals surface area contributed by atoms with Crippen molar-refractivity contribution in [3.63, 3.8) is 0 Å². The molecule has 2 heterocycles. The maximum absolute atomic E-state index is 12.6. The maximum Gasteiger partial charge on any atom is 0.231 e. The molecule has 4 rings (SSSR count). The Morgan fingerprint density at radius 3 is 2.62 bits per heavy atom. The molecule has 0 spiro atoms. The van der Waals surface area contributed by atoms with E-state index in [1.165, 1.54) is 18.4 Å². The molecule has 1 N–H and O–H groups in total. The van der Waals surface area contributed by atoms with Crippen LogP contribution < -0.4 is 14.9 Å². The second kappa shape index (κ2) is 4.28. The number of phenols is 1. The fraction of sp³-hybridized carbons (Fsp3) is 0.0625. The molecule has 5 nitrogen and oxygen atoms in total. The van der Waals surface area contributed by atoms with Gasteiger partial charge in [-0.25, -0.2) is 0 Å². The van der Waals surface area contributed by atoms with Crippen LogP contribution in [0.1, 0.15) is 0 Å². The first-order valence-electron chi connectivity index (χ1n) is 6.37. The van der Waals surface area contributed by atoms with E-state index in [-0.39, 0.29) is 18.0 Å².